The summed E-state index contributed by atoms with van der Waals surface area (Å²) in [5.41, 5.74) is 1.41. The molecule has 2 N–H and O–H groups in total. The fraction of sp³-hybridized carbons (Fsp3) is 0.429. The van der Waals surface area contributed by atoms with Gasteiger partial charge in [0.2, 0.25) is 5.16 Å². The molecule has 0 bridgehead atoms. The van der Waals surface area contributed by atoms with E-state index in [2.05, 4.69) is 25.1 Å². The van der Waals surface area contributed by atoms with Crippen LogP contribution in [0.15, 0.2) is 10.2 Å². The molecule has 3 aromatic rings. The van der Waals surface area contributed by atoms with E-state index in [9.17, 15) is 0 Å². The molecule has 1 aliphatic rings. The zero-order valence-electron chi connectivity index (χ0n) is 12.1. The molecule has 0 unspecified atom stereocenters. The molecule has 3 heterocycles. The highest BCUT2D eigenvalue weighted by Gasteiger charge is 2.21. The van der Waals surface area contributed by atoms with E-state index in [-0.39, 0.29) is 6.61 Å². The molecule has 3 aromatic heterocycles. The number of H-pyrrole nitrogens is 1. The minimum absolute atomic E-state index is 0.139. The highest BCUT2D eigenvalue weighted by atomic mass is 32.2. The summed E-state index contributed by atoms with van der Waals surface area (Å²) < 4.78 is 0. The van der Waals surface area contributed by atoms with E-state index < -0.39 is 0 Å². The minimum Gasteiger partial charge on any atom is -0.388 e. The maximum Gasteiger partial charge on any atom is 0.214 e. The predicted molar refractivity (Wildman–Crippen MR) is 85.2 cm³/mol. The van der Waals surface area contributed by atoms with E-state index in [1.54, 1.807) is 11.3 Å². The van der Waals surface area contributed by atoms with Gasteiger partial charge in [-0.05, 0) is 49.9 Å². The Hall–Kier alpha value is -1.51. The normalized spacial score (nSPS) is 14.5. The van der Waals surface area contributed by atoms with Crippen LogP contribution in [0.3, 0.4) is 0 Å². The zero-order chi connectivity index (χ0) is 15.1. The molecule has 4 rings (SSSR count). The standard InChI is InChI=1S/C14H15N5OS2/c1-7-15-12-11(8-4-2-3-5-9(8)21-12)13(16-7)22-14-17-10(6-20)18-19-14/h20H,2-6H2,1H3,(H,17,18,19). The number of aromatic nitrogens is 5. The van der Waals surface area contributed by atoms with Crippen molar-refractivity contribution >= 4 is 33.3 Å². The minimum atomic E-state index is -0.139. The lowest BCUT2D eigenvalue weighted by Crippen LogP contribution is -1.99. The van der Waals surface area contributed by atoms with Crippen LogP contribution in [0.2, 0.25) is 0 Å². The monoisotopic (exact) mass is 333 g/mol. The van der Waals surface area contributed by atoms with Gasteiger partial charge in [0.05, 0.1) is 0 Å². The van der Waals surface area contributed by atoms with Crippen molar-refractivity contribution in [2.45, 2.75) is 49.4 Å². The van der Waals surface area contributed by atoms with Crippen molar-refractivity contribution in [3.05, 3.63) is 22.1 Å². The number of aromatic amines is 1. The molecular weight excluding hydrogens is 318 g/mol. The van der Waals surface area contributed by atoms with Crippen LogP contribution in [0, 0.1) is 6.92 Å². The molecule has 22 heavy (non-hydrogen) atoms. The van der Waals surface area contributed by atoms with Crippen molar-refractivity contribution in [1.82, 2.24) is 25.1 Å². The first-order chi connectivity index (χ1) is 10.7. The van der Waals surface area contributed by atoms with Crippen LogP contribution in [0.25, 0.3) is 10.2 Å². The zero-order valence-corrected chi connectivity index (χ0v) is 13.7. The number of thiophene rings is 1. The lowest BCUT2D eigenvalue weighted by Gasteiger charge is -2.11. The number of nitrogens with one attached hydrogen (secondary N) is 1. The van der Waals surface area contributed by atoms with E-state index in [4.69, 9.17) is 5.11 Å². The summed E-state index contributed by atoms with van der Waals surface area (Å²) in [6.45, 7) is 1.78. The van der Waals surface area contributed by atoms with Gasteiger partial charge in [0.25, 0.3) is 0 Å². The van der Waals surface area contributed by atoms with E-state index in [0.717, 1.165) is 28.5 Å². The number of hydrogen-bond donors (Lipinski definition) is 2. The second kappa shape index (κ2) is 5.60. The van der Waals surface area contributed by atoms with Crippen molar-refractivity contribution in [1.29, 1.82) is 0 Å². The Kier molecular flexibility index (Phi) is 3.59. The number of nitrogens with zero attached hydrogens (tertiary/aromatic N) is 4. The second-order valence-corrected chi connectivity index (χ2v) is 7.33. The summed E-state index contributed by atoms with van der Waals surface area (Å²) >= 11 is 3.23. The van der Waals surface area contributed by atoms with Gasteiger partial charge in [0, 0.05) is 10.3 Å². The van der Waals surface area contributed by atoms with Crippen molar-refractivity contribution in [2.75, 3.05) is 0 Å². The third kappa shape index (κ3) is 2.41. The smallest absolute Gasteiger partial charge is 0.214 e. The van der Waals surface area contributed by atoms with Gasteiger partial charge in [-0.25, -0.2) is 15.0 Å². The number of fused-ring (bicyclic) bond motifs is 3. The van der Waals surface area contributed by atoms with Gasteiger partial charge in [-0.1, -0.05) is 0 Å². The molecule has 0 saturated heterocycles. The van der Waals surface area contributed by atoms with Crippen molar-refractivity contribution < 1.29 is 5.11 Å². The third-order valence-electron chi connectivity index (χ3n) is 3.74. The van der Waals surface area contributed by atoms with Gasteiger partial charge in [-0.2, -0.15) is 0 Å². The van der Waals surface area contributed by atoms with Crippen molar-refractivity contribution in [2.24, 2.45) is 0 Å². The fourth-order valence-corrected chi connectivity index (χ4v) is 5.07. The van der Waals surface area contributed by atoms with Gasteiger partial charge < -0.3 is 5.11 Å². The fourth-order valence-electron chi connectivity index (χ4n) is 2.78. The molecule has 0 atom stereocenters. The summed E-state index contributed by atoms with van der Waals surface area (Å²) in [5.74, 6) is 1.24. The highest BCUT2D eigenvalue weighted by Crippen LogP contribution is 2.40. The highest BCUT2D eigenvalue weighted by molar-refractivity contribution is 7.99. The van der Waals surface area contributed by atoms with Crippen LogP contribution in [0.5, 0.6) is 0 Å². The van der Waals surface area contributed by atoms with E-state index in [1.807, 2.05) is 6.92 Å². The lowest BCUT2D eigenvalue weighted by atomic mass is 9.97. The summed E-state index contributed by atoms with van der Waals surface area (Å²) in [6, 6.07) is 0. The molecule has 8 heteroatoms. The number of hydrogen-bond acceptors (Lipinski definition) is 7. The maximum absolute atomic E-state index is 9.09. The average molecular weight is 333 g/mol. The molecule has 1 aliphatic carbocycles. The first-order valence-electron chi connectivity index (χ1n) is 7.23. The summed E-state index contributed by atoms with van der Waals surface area (Å²) in [4.78, 5) is 16.0. The number of rotatable bonds is 3. The Morgan fingerprint density at radius 2 is 2.09 bits per heavy atom. The molecule has 0 radical (unpaired) electrons. The Morgan fingerprint density at radius 1 is 1.23 bits per heavy atom. The van der Waals surface area contributed by atoms with Crippen molar-refractivity contribution in [3.63, 3.8) is 0 Å². The van der Waals surface area contributed by atoms with E-state index in [0.29, 0.717) is 11.0 Å². The SMILES string of the molecule is Cc1nc(Sc2n[nH]c(CO)n2)c2c3c(sc2n1)CCCC3. The second-order valence-electron chi connectivity index (χ2n) is 5.29. The van der Waals surface area contributed by atoms with Crippen LogP contribution >= 0.6 is 23.1 Å². The Bertz CT molecular complexity index is 841. The van der Waals surface area contributed by atoms with Crippen LogP contribution < -0.4 is 0 Å². The van der Waals surface area contributed by atoms with Crippen LogP contribution in [0.4, 0.5) is 0 Å². The number of aryl methyl sites for hydroxylation is 3. The van der Waals surface area contributed by atoms with Gasteiger partial charge in [-0.3, -0.25) is 5.10 Å². The number of aliphatic hydroxyl groups excluding tert-OH is 1. The van der Waals surface area contributed by atoms with Crippen LogP contribution in [0.1, 0.15) is 34.9 Å². The average Bonchev–Trinajstić information content (AvgIpc) is 3.10. The van der Waals surface area contributed by atoms with E-state index in [1.165, 1.54) is 40.4 Å². The topological polar surface area (TPSA) is 87.6 Å². The van der Waals surface area contributed by atoms with Crippen molar-refractivity contribution in [3.8, 4) is 0 Å². The quantitative estimate of drug-likeness (QED) is 0.717. The molecule has 114 valence electrons. The molecule has 0 fully saturated rings. The molecule has 0 amide bonds. The predicted octanol–water partition coefficient (Wildman–Crippen LogP) is 2.64. The number of aliphatic hydroxyl groups is 1. The van der Waals surface area contributed by atoms with Crippen LogP contribution in [-0.4, -0.2) is 30.3 Å². The van der Waals surface area contributed by atoms with E-state index >= 15 is 0 Å². The summed E-state index contributed by atoms with van der Waals surface area (Å²) in [5, 5.41) is 18.6. The first-order valence-corrected chi connectivity index (χ1v) is 8.87. The molecule has 6 nitrogen and oxygen atoms in total. The summed E-state index contributed by atoms with van der Waals surface area (Å²) in [6.07, 6.45) is 4.74. The lowest BCUT2D eigenvalue weighted by molar-refractivity contribution is 0.271. The van der Waals surface area contributed by atoms with Gasteiger partial charge >= 0.3 is 0 Å². The Labute approximate surface area is 135 Å². The summed E-state index contributed by atoms with van der Waals surface area (Å²) in [7, 11) is 0. The van der Waals surface area contributed by atoms with Crippen LogP contribution in [-0.2, 0) is 19.4 Å². The molecule has 0 aliphatic heterocycles. The maximum atomic E-state index is 9.09. The van der Waals surface area contributed by atoms with Gasteiger partial charge in [-0.15, -0.1) is 16.4 Å². The Balaban J connectivity index is 1.83. The molecular formula is C14H15N5OS2. The largest absolute Gasteiger partial charge is 0.388 e. The van der Waals surface area contributed by atoms with Gasteiger partial charge in [0.15, 0.2) is 5.82 Å². The third-order valence-corrected chi connectivity index (χ3v) is 5.78. The molecule has 0 saturated carbocycles. The molecule has 0 aromatic carbocycles. The Morgan fingerprint density at radius 3 is 2.91 bits per heavy atom. The molecule has 0 spiro atoms. The van der Waals surface area contributed by atoms with Gasteiger partial charge in [0.1, 0.15) is 22.3 Å². The first kappa shape index (κ1) is 14.1.